The fourth-order valence-electron chi connectivity index (χ4n) is 0.478. The normalized spacial score (nSPS) is 12.2. The summed E-state index contributed by atoms with van der Waals surface area (Å²) >= 11 is 5.18. The summed E-state index contributed by atoms with van der Waals surface area (Å²) in [5, 5.41) is 2.43. The number of hydrogen-bond donors (Lipinski definition) is 1. The van der Waals surface area contributed by atoms with Crippen LogP contribution < -0.4 is 5.32 Å². The fraction of sp³-hybridized carbons (Fsp3) is 0.667. The monoisotopic (exact) mass is 163 g/mol. The van der Waals surface area contributed by atoms with Gasteiger partial charge in [-0.15, -0.1) is 11.6 Å². The molecule has 58 valence electrons. The highest BCUT2D eigenvalue weighted by molar-refractivity contribution is 6.27. The lowest BCUT2D eigenvalue weighted by molar-refractivity contribution is -0.122. The molecule has 4 heteroatoms. The molecule has 0 unspecified atom stereocenters. The fourth-order valence-corrected chi connectivity index (χ4v) is 0.555. The van der Waals surface area contributed by atoms with Crippen LogP contribution in [0.25, 0.3) is 0 Å². The Morgan fingerprint density at radius 3 is 2.70 bits per heavy atom. The number of hydrogen-bond acceptors (Lipinski definition) is 2. The highest BCUT2D eigenvalue weighted by Gasteiger charge is 2.06. The van der Waals surface area contributed by atoms with Crippen molar-refractivity contribution in [1.29, 1.82) is 0 Å². The van der Waals surface area contributed by atoms with Crippen LogP contribution in [0.15, 0.2) is 0 Å². The molecular weight excluding hydrogens is 154 g/mol. The van der Waals surface area contributed by atoms with Crippen molar-refractivity contribution >= 4 is 23.8 Å². The van der Waals surface area contributed by atoms with Crippen molar-refractivity contribution in [3.63, 3.8) is 0 Å². The minimum Gasteiger partial charge on any atom is -0.346 e. The molecule has 0 aromatic rings. The molecule has 0 rings (SSSR count). The smallest absolute Gasteiger partial charge is 0.235 e. The Labute approximate surface area is 64.7 Å². The first-order valence-electron chi connectivity index (χ1n) is 3.05. The van der Waals surface area contributed by atoms with E-state index >= 15 is 0 Å². The first kappa shape index (κ1) is 9.43. The maximum atomic E-state index is 10.5. The van der Waals surface area contributed by atoms with E-state index in [1.807, 2.05) is 6.92 Å². The Kier molecular flexibility index (Phi) is 4.94. The third-order valence-electron chi connectivity index (χ3n) is 1.07. The molecule has 3 nitrogen and oxygen atoms in total. The van der Waals surface area contributed by atoms with Gasteiger partial charge in [0.15, 0.2) is 0 Å². The van der Waals surface area contributed by atoms with Crippen molar-refractivity contribution in [3.8, 4) is 0 Å². The van der Waals surface area contributed by atoms with Crippen LogP contribution in [0.3, 0.4) is 0 Å². The lowest BCUT2D eigenvalue weighted by Crippen LogP contribution is -2.36. The molecule has 0 radical (unpaired) electrons. The van der Waals surface area contributed by atoms with Crippen molar-refractivity contribution in [2.45, 2.75) is 19.4 Å². The van der Waals surface area contributed by atoms with Gasteiger partial charge in [0.05, 0.1) is 6.04 Å². The molecule has 1 atom stereocenters. The average molecular weight is 164 g/mol. The third kappa shape index (κ3) is 3.45. The third-order valence-corrected chi connectivity index (χ3v) is 1.31. The van der Waals surface area contributed by atoms with Crippen LogP contribution in [0.4, 0.5) is 0 Å². The highest BCUT2D eigenvalue weighted by atomic mass is 35.5. The number of amides is 1. The Morgan fingerprint density at radius 2 is 2.40 bits per heavy atom. The zero-order chi connectivity index (χ0) is 7.98. The summed E-state index contributed by atoms with van der Waals surface area (Å²) < 4.78 is 0. The molecule has 1 N–H and O–H groups in total. The number of carbonyl (C=O) groups is 2. The highest BCUT2D eigenvalue weighted by Crippen LogP contribution is 1.85. The molecule has 0 bridgehead atoms. The quantitative estimate of drug-likeness (QED) is 0.479. The number of carbonyl (C=O) groups excluding carboxylic acids is 2. The van der Waals surface area contributed by atoms with Gasteiger partial charge in [0.25, 0.3) is 0 Å². The second kappa shape index (κ2) is 5.23. The Balaban J connectivity index is 3.62. The predicted octanol–water partition coefficient (Wildman–Crippen LogP) is 0.319. The van der Waals surface area contributed by atoms with Crippen molar-refractivity contribution < 1.29 is 9.59 Å². The topological polar surface area (TPSA) is 46.2 Å². The molecule has 0 spiro atoms. The van der Waals surface area contributed by atoms with Crippen LogP contribution in [-0.2, 0) is 9.59 Å². The van der Waals surface area contributed by atoms with Crippen LogP contribution in [-0.4, -0.2) is 24.1 Å². The van der Waals surface area contributed by atoms with Gasteiger partial charge in [-0.2, -0.15) is 0 Å². The average Bonchev–Trinajstić information content (AvgIpc) is 1.99. The predicted molar refractivity (Wildman–Crippen MR) is 39.0 cm³/mol. The minimum atomic E-state index is -0.383. The van der Waals surface area contributed by atoms with E-state index in [4.69, 9.17) is 11.6 Å². The van der Waals surface area contributed by atoms with Gasteiger partial charge in [0.2, 0.25) is 5.91 Å². The van der Waals surface area contributed by atoms with E-state index in [0.717, 1.165) is 0 Å². The van der Waals surface area contributed by atoms with Crippen molar-refractivity contribution in [2.24, 2.45) is 0 Å². The SMILES string of the molecule is CC[C@@H](C=O)NC(=O)CCl. The first-order chi connectivity index (χ1) is 4.74. The maximum absolute atomic E-state index is 10.5. The molecule has 0 fully saturated rings. The molecule has 0 aliphatic carbocycles. The van der Waals surface area contributed by atoms with E-state index in [9.17, 15) is 9.59 Å². The van der Waals surface area contributed by atoms with E-state index < -0.39 is 0 Å². The molecule has 0 aliphatic heterocycles. The number of nitrogens with one attached hydrogen (secondary N) is 1. The number of rotatable bonds is 4. The zero-order valence-corrected chi connectivity index (χ0v) is 6.52. The van der Waals surface area contributed by atoms with Crippen molar-refractivity contribution in [3.05, 3.63) is 0 Å². The molecule has 0 heterocycles. The zero-order valence-electron chi connectivity index (χ0n) is 5.76. The van der Waals surface area contributed by atoms with Gasteiger partial charge < -0.3 is 10.1 Å². The first-order valence-corrected chi connectivity index (χ1v) is 3.58. The summed E-state index contributed by atoms with van der Waals surface area (Å²) in [7, 11) is 0. The summed E-state index contributed by atoms with van der Waals surface area (Å²) in [5.74, 6) is -0.398. The van der Waals surface area contributed by atoms with Gasteiger partial charge in [0.1, 0.15) is 12.2 Å². The summed E-state index contributed by atoms with van der Waals surface area (Å²) in [6.07, 6.45) is 1.30. The Hall–Kier alpha value is -0.570. The van der Waals surface area contributed by atoms with Gasteiger partial charge in [-0.3, -0.25) is 4.79 Å². The van der Waals surface area contributed by atoms with Gasteiger partial charge in [-0.1, -0.05) is 6.92 Å². The van der Waals surface area contributed by atoms with Crippen LogP contribution in [0.2, 0.25) is 0 Å². The number of halogens is 1. The van der Waals surface area contributed by atoms with Crippen LogP contribution in [0.5, 0.6) is 0 Å². The van der Waals surface area contributed by atoms with E-state index in [-0.39, 0.29) is 17.8 Å². The van der Waals surface area contributed by atoms with Gasteiger partial charge >= 0.3 is 0 Å². The molecule has 0 saturated heterocycles. The van der Waals surface area contributed by atoms with E-state index in [1.54, 1.807) is 0 Å². The van der Waals surface area contributed by atoms with Gasteiger partial charge in [0, 0.05) is 0 Å². The summed E-state index contributed by atoms with van der Waals surface area (Å²) in [4.78, 5) is 20.7. The molecular formula is C6H10ClNO2. The Morgan fingerprint density at radius 1 is 1.80 bits per heavy atom. The van der Waals surface area contributed by atoms with E-state index in [0.29, 0.717) is 12.7 Å². The maximum Gasteiger partial charge on any atom is 0.235 e. The lowest BCUT2D eigenvalue weighted by Gasteiger charge is -2.07. The van der Waals surface area contributed by atoms with E-state index in [1.165, 1.54) is 0 Å². The van der Waals surface area contributed by atoms with Crippen LogP contribution in [0.1, 0.15) is 13.3 Å². The van der Waals surface area contributed by atoms with Gasteiger partial charge in [-0.25, -0.2) is 0 Å². The summed E-state index contributed by atoms with van der Waals surface area (Å²) in [6, 6.07) is -0.383. The van der Waals surface area contributed by atoms with Crippen molar-refractivity contribution in [2.75, 3.05) is 5.88 Å². The second-order valence-corrected chi connectivity index (χ2v) is 2.12. The van der Waals surface area contributed by atoms with Crippen LogP contribution >= 0.6 is 11.6 Å². The summed E-state index contributed by atoms with van der Waals surface area (Å²) in [6.45, 7) is 1.81. The Bertz CT molecular complexity index is 127. The standard InChI is InChI=1S/C6H10ClNO2/c1-2-5(4-9)8-6(10)3-7/h4-5H,2-3H2,1H3,(H,8,10)/t5-/m0/s1. The van der Waals surface area contributed by atoms with Gasteiger partial charge in [-0.05, 0) is 6.42 Å². The minimum absolute atomic E-state index is 0.0929. The molecule has 0 saturated carbocycles. The van der Waals surface area contributed by atoms with Crippen molar-refractivity contribution in [1.82, 2.24) is 5.32 Å². The molecule has 1 amide bonds. The van der Waals surface area contributed by atoms with Crippen LogP contribution in [0, 0.1) is 0 Å². The molecule has 0 aromatic carbocycles. The molecule has 10 heavy (non-hydrogen) atoms. The largest absolute Gasteiger partial charge is 0.346 e. The lowest BCUT2D eigenvalue weighted by atomic mass is 10.2. The number of alkyl halides is 1. The second-order valence-electron chi connectivity index (χ2n) is 1.85. The number of aldehydes is 1. The summed E-state index contributed by atoms with van der Waals surface area (Å²) in [5.41, 5.74) is 0. The molecule has 0 aromatic heterocycles. The molecule has 0 aliphatic rings. The van der Waals surface area contributed by atoms with E-state index in [2.05, 4.69) is 5.32 Å².